The fourth-order valence-electron chi connectivity index (χ4n) is 2.43. The third kappa shape index (κ3) is 5.95. The van der Waals surface area contributed by atoms with Crippen LogP contribution in [0.4, 0.5) is 0 Å². The molecule has 0 aromatic heterocycles. The lowest BCUT2D eigenvalue weighted by Crippen LogP contribution is -2.36. The number of aryl methyl sites for hydroxylation is 2. The van der Waals surface area contributed by atoms with Crippen molar-refractivity contribution in [3.8, 4) is 5.75 Å². The van der Waals surface area contributed by atoms with E-state index in [9.17, 15) is 9.59 Å². The van der Waals surface area contributed by atoms with Crippen molar-refractivity contribution in [1.29, 1.82) is 0 Å². The standard InChI is InChI=1S/C20H24N2O3/c1-15-8-9-16(2)18(12-15)25-14-20(24)22(11-10-19(21)23)13-17-6-4-3-5-7-17/h3-9,12H,10-11,13-14H2,1-2H3,(H2,21,23). The molecule has 0 saturated heterocycles. The van der Waals surface area contributed by atoms with Gasteiger partial charge < -0.3 is 15.4 Å². The molecular formula is C20H24N2O3. The Morgan fingerprint density at radius 2 is 1.80 bits per heavy atom. The second-order valence-electron chi connectivity index (χ2n) is 6.07. The molecule has 0 aliphatic rings. The Hall–Kier alpha value is -2.82. The molecule has 0 atom stereocenters. The molecule has 0 aliphatic heterocycles. The number of hydrogen-bond donors (Lipinski definition) is 1. The molecule has 2 aromatic rings. The average Bonchev–Trinajstić information content (AvgIpc) is 2.59. The van der Waals surface area contributed by atoms with Crippen LogP contribution in [0.2, 0.25) is 0 Å². The lowest BCUT2D eigenvalue weighted by atomic mass is 10.1. The number of nitrogens with two attached hydrogens (primary N) is 1. The number of hydrogen-bond acceptors (Lipinski definition) is 3. The Morgan fingerprint density at radius 1 is 1.08 bits per heavy atom. The van der Waals surface area contributed by atoms with Gasteiger partial charge in [0.05, 0.1) is 0 Å². The van der Waals surface area contributed by atoms with Crippen LogP contribution >= 0.6 is 0 Å². The lowest BCUT2D eigenvalue weighted by molar-refractivity contribution is -0.134. The number of amides is 2. The van der Waals surface area contributed by atoms with Gasteiger partial charge in [-0.1, -0.05) is 42.5 Å². The van der Waals surface area contributed by atoms with E-state index in [2.05, 4.69) is 0 Å². The van der Waals surface area contributed by atoms with E-state index >= 15 is 0 Å². The van der Waals surface area contributed by atoms with Gasteiger partial charge in [0, 0.05) is 19.5 Å². The first-order chi connectivity index (χ1) is 12.0. The lowest BCUT2D eigenvalue weighted by Gasteiger charge is -2.23. The first-order valence-electron chi connectivity index (χ1n) is 8.26. The van der Waals surface area contributed by atoms with E-state index in [-0.39, 0.29) is 25.5 Å². The Balaban J connectivity index is 2.03. The predicted molar refractivity (Wildman–Crippen MR) is 97.1 cm³/mol. The van der Waals surface area contributed by atoms with Crippen molar-refractivity contribution < 1.29 is 14.3 Å². The maximum Gasteiger partial charge on any atom is 0.260 e. The molecule has 25 heavy (non-hydrogen) atoms. The molecule has 0 fully saturated rings. The highest BCUT2D eigenvalue weighted by atomic mass is 16.5. The van der Waals surface area contributed by atoms with E-state index in [1.807, 2.05) is 62.4 Å². The molecule has 0 aliphatic carbocycles. The maximum atomic E-state index is 12.6. The van der Waals surface area contributed by atoms with Crippen molar-refractivity contribution in [2.45, 2.75) is 26.8 Å². The number of rotatable bonds is 8. The quantitative estimate of drug-likeness (QED) is 0.803. The monoisotopic (exact) mass is 340 g/mol. The second kappa shape index (κ2) is 8.87. The Labute approximate surface area is 148 Å². The van der Waals surface area contributed by atoms with Crippen molar-refractivity contribution in [3.05, 3.63) is 65.2 Å². The topological polar surface area (TPSA) is 72.6 Å². The number of primary amides is 1. The van der Waals surface area contributed by atoms with E-state index in [0.29, 0.717) is 12.3 Å². The molecule has 5 heteroatoms. The van der Waals surface area contributed by atoms with Crippen LogP contribution in [0.25, 0.3) is 0 Å². The van der Waals surface area contributed by atoms with Gasteiger partial charge in [-0.25, -0.2) is 0 Å². The van der Waals surface area contributed by atoms with Gasteiger partial charge in [-0.2, -0.15) is 0 Å². The number of carbonyl (C=O) groups is 2. The number of nitrogens with zero attached hydrogens (tertiary/aromatic N) is 1. The molecule has 2 N–H and O–H groups in total. The van der Waals surface area contributed by atoms with Gasteiger partial charge in [-0.05, 0) is 36.6 Å². The largest absolute Gasteiger partial charge is 0.483 e. The zero-order valence-corrected chi connectivity index (χ0v) is 14.7. The SMILES string of the molecule is Cc1ccc(C)c(OCC(=O)N(CCC(N)=O)Cc2ccccc2)c1. The third-order valence-corrected chi connectivity index (χ3v) is 3.89. The molecule has 2 rings (SSSR count). The van der Waals surface area contributed by atoms with Crippen molar-refractivity contribution in [2.75, 3.05) is 13.2 Å². The Kier molecular flexibility index (Phi) is 6.57. The van der Waals surface area contributed by atoms with E-state index in [0.717, 1.165) is 16.7 Å². The minimum Gasteiger partial charge on any atom is -0.483 e. The van der Waals surface area contributed by atoms with Gasteiger partial charge in [-0.15, -0.1) is 0 Å². The molecule has 2 aromatic carbocycles. The number of carbonyl (C=O) groups excluding carboxylic acids is 2. The molecule has 0 saturated carbocycles. The van der Waals surface area contributed by atoms with Gasteiger partial charge in [0.15, 0.2) is 6.61 Å². The van der Waals surface area contributed by atoms with Crippen LogP contribution in [0.15, 0.2) is 48.5 Å². The van der Waals surface area contributed by atoms with Crippen LogP contribution in [0.3, 0.4) is 0 Å². The third-order valence-electron chi connectivity index (χ3n) is 3.89. The minimum absolute atomic E-state index is 0.0735. The van der Waals surface area contributed by atoms with E-state index in [1.54, 1.807) is 4.90 Å². The molecule has 0 unspecified atom stereocenters. The van der Waals surface area contributed by atoms with Gasteiger partial charge in [0.25, 0.3) is 5.91 Å². The second-order valence-corrected chi connectivity index (χ2v) is 6.07. The van der Waals surface area contributed by atoms with Crippen molar-refractivity contribution >= 4 is 11.8 Å². The first kappa shape index (κ1) is 18.5. The highest BCUT2D eigenvalue weighted by Crippen LogP contribution is 2.19. The Morgan fingerprint density at radius 3 is 2.48 bits per heavy atom. The summed E-state index contributed by atoms with van der Waals surface area (Å²) in [5, 5.41) is 0. The number of ether oxygens (including phenoxy) is 1. The normalized spacial score (nSPS) is 10.3. The summed E-state index contributed by atoms with van der Waals surface area (Å²) in [6, 6.07) is 15.5. The molecule has 0 radical (unpaired) electrons. The molecule has 5 nitrogen and oxygen atoms in total. The van der Waals surface area contributed by atoms with Crippen LogP contribution in [-0.4, -0.2) is 29.9 Å². The summed E-state index contributed by atoms with van der Waals surface area (Å²) in [5.41, 5.74) is 8.27. The zero-order valence-electron chi connectivity index (χ0n) is 14.7. The first-order valence-corrected chi connectivity index (χ1v) is 8.26. The molecule has 0 heterocycles. The molecule has 0 bridgehead atoms. The fraction of sp³-hybridized carbons (Fsp3) is 0.300. The van der Waals surface area contributed by atoms with E-state index < -0.39 is 5.91 Å². The molecule has 2 amide bonds. The zero-order chi connectivity index (χ0) is 18.2. The molecule has 0 spiro atoms. The summed E-state index contributed by atoms with van der Waals surface area (Å²) in [7, 11) is 0. The van der Waals surface area contributed by atoms with Crippen LogP contribution < -0.4 is 10.5 Å². The predicted octanol–water partition coefficient (Wildman–Crippen LogP) is 2.59. The maximum absolute atomic E-state index is 12.6. The highest BCUT2D eigenvalue weighted by molar-refractivity contribution is 5.79. The smallest absolute Gasteiger partial charge is 0.260 e. The van der Waals surface area contributed by atoms with Crippen LogP contribution in [0.1, 0.15) is 23.1 Å². The van der Waals surface area contributed by atoms with Crippen molar-refractivity contribution in [1.82, 2.24) is 4.90 Å². The summed E-state index contributed by atoms with van der Waals surface area (Å²) in [4.78, 5) is 25.3. The summed E-state index contributed by atoms with van der Waals surface area (Å²) >= 11 is 0. The van der Waals surface area contributed by atoms with E-state index in [4.69, 9.17) is 10.5 Å². The summed E-state index contributed by atoms with van der Waals surface area (Å²) in [5.74, 6) is 0.0928. The number of benzene rings is 2. The van der Waals surface area contributed by atoms with E-state index in [1.165, 1.54) is 0 Å². The van der Waals surface area contributed by atoms with Gasteiger partial charge >= 0.3 is 0 Å². The van der Waals surface area contributed by atoms with Crippen LogP contribution in [0, 0.1) is 13.8 Å². The molecule has 132 valence electrons. The van der Waals surface area contributed by atoms with Gasteiger partial charge in [0.1, 0.15) is 5.75 Å². The summed E-state index contributed by atoms with van der Waals surface area (Å²) < 4.78 is 5.70. The fourth-order valence-corrected chi connectivity index (χ4v) is 2.43. The van der Waals surface area contributed by atoms with Crippen LogP contribution in [-0.2, 0) is 16.1 Å². The van der Waals surface area contributed by atoms with Gasteiger partial charge in [0.2, 0.25) is 5.91 Å². The summed E-state index contributed by atoms with van der Waals surface area (Å²) in [6.07, 6.45) is 0.127. The summed E-state index contributed by atoms with van der Waals surface area (Å²) in [6.45, 7) is 4.54. The van der Waals surface area contributed by atoms with Crippen molar-refractivity contribution in [2.24, 2.45) is 5.73 Å². The Bertz CT molecular complexity index is 729. The van der Waals surface area contributed by atoms with Crippen molar-refractivity contribution in [3.63, 3.8) is 0 Å². The van der Waals surface area contributed by atoms with Gasteiger partial charge in [-0.3, -0.25) is 9.59 Å². The minimum atomic E-state index is -0.429. The van der Waals surface area contributed by atoms with Crippen LogP contribution in [0.5, 0.6) is 5.75 Å². The highest BCUT2D eigenvalue weighted by Gasteiger charge is 2.16. The average molecular weight is 340 g/mol. The molecular weight excluding hydrogens is 316 g/mol.